The fourth-order valence-electron chi connectivity index (χ4n) is 1.98. The van der Waals surface area contributed by atoms with E-state index in [-0.39, 0.29) is 23.6 Å². The summed E-state index contributed by atoms with van der Waals surface area (Å²) >= 11 is 0. The first-order valence-corrected chi connectivity index (χ1v) is 7.47. The van der Waals surface area contributed by atoms with Crippen LogP contribution in [0.5, 0.6) is 0 Å². The van der Waals surface area contributed by atoms with Crippen LogP contribution in [0.25, 0.3) is 0 Å². The number of hydrazone groups is 1. The Morgan fingerprint density at radius 2 is 1.92 bits per heavy atom. The maximum absolute atomic E-state index is 12.8. The highest BCUT2D eigenvalue weighted by Gasteiger charge is 2.15. The van der Waals surface area contributed by atoms with Crippen molar-refractivity contribution in [3.05, 3.63) is 75.1 Å². The zero-order chi connectivity index (χ0) is 19.1. The van der Waals surface area contributed by atoms with Crippen LogP contribution in [0.15, 0.2) is 47.6 Å². The second kappa shape index (κ2) is 8.47. The number of benzene rings is 2. The first-order valence-electron chi connectivity index (χ1n) is 7.47. The van der Waals surface area contributed by atoms with Gasteiger partial charge in [-0.1, -0.05) is 18.2 Å². The molecule has 2 aromatic carbocycles. The van der Waals surface area contributed by atoms with Crippen molar-refractivity contribution in [1.29, 1.82) is 0 Å². The van der Waals surface area contributed by atoms with E-state index in [0.29, 0.717) is 11.1 Å². The molecule has 2 N–H and O–H groups in total. The minimum absolute atomic E-state index is 0.0740. The van der Waals surface area contributed by atoms with Crippen molar-refractivity contribution in [3.8, 4) is 0 Å². The number of rotatable bonds is 6. The van der Waals surface area contributed by atoms with Crippen LogP contribution in [0.1, 0.15) is 21.5 Å². The molecule has 0 saturated heterocycles. The summed E-state index contributed by atoms with van der Waals surface area (Å²) in [5.74, 6) is -1.59. The Labute approximate surface area is 147 Å². The molecule has 0 aromatic heterocycles. The average Bonchev–Trinajstić information content (AvgIpc) is 2.61. The van der Waals surface area contributed by atoms with E-state index < -0.39 is 16.7 Å². The lowest BCUT2D eigenvalue weighted by Gasteiger charge is -2.05. The van der Waals surface area contributed by atoms with Gasteiger partial charge < -0.3 is 5.32 Å². The van der Waals surface area contributed by atoms with E-state index >= 15 is 0 Å². The molecule has 134 valence electrons. The summed E-state index contributed by atoms with van der Waals surface area (Å²) in [5.41, 5.74) is 3.12. The van der Waals surface area contributed by atoms with E-state index in [0.717, 1.165) is 6.07 Å². The quantitative estimate of drug-likeness (QED) is 0.466. The van der Waals surface area contributed by atoms with Gasteiger partial charge in [0.2, 0.25) is 0 Å². The Kier molecular flexibility index (Phi) is 6.10. The molecular weight excluding hydrogens is 343 g/mol. The lowest BCUT2D eigenvalue weighted by Crippen LogP contribution is -2.34. The summed E-state index contributed by atoms with van der Waals surface area (Å²) in [6.07, 6.45) is 1.32. The highest BCUT2D eigenvalue weighted by molar-refractivity contribution is 5.97. The Balaban J connectivity index is 1.87. The number of hydrogen-bond donors (Lipinski definition) is 2. The Morgan fingerprint density at radius 1 is 1.23 bits per heavy atom. The Hall–Kier alpha value is -3.62. The van der Waals surface area contributed by atoms with Gasteiger partial charge in [0.25, 0.3) is 17.5 Å². The van der Waals surface area contributed by atoms with E-state index in [1.807, 2.05) is 0 Å². The van der Waals surface area contributed by atoms with Crippen LogP contribution in [0.3, 0.4) is 0 Å². The molecule has 0 atom stereocenters. The van der Waals surface area contributed by atoms with Crippen LogP contribution in [0.4, 0.5) is 10.1 Å². The van der Waals surface area contributed by atoms with E-state index in [1.54, 1.807) is 6.92 Å². The average molecular weight is 358 g/mol. The van der Waals surface area contributed by atoms with Crippen LogP contribution in [-0.2, 0) is 4.79 Å². The monoisotopic (exact) mass is 358 g/mol. The van der Waals surface area contributed by atoms with Crippen molar-refractivity contribution in [1.82, 2.24) is 10.7 Å². The number of aryl methyl sites for hydroxylation is 1. The number of carbonyl (C=O) groups excluding carboxylic acids is 2. The summed E-state index contributed by atoms with van der Waals surface area (Å²) < 4.78 is 12.8. The predicted molar refractivity (Wildman–Crippen MR) is 92.3 cm³/mol. The number of nitrogens with zero attached hydrogens (tertiary/aromatic N) is 2. The molecule has 2 aromatic rings. The summed E-state index contributed by atoms with van der Waals surface area (Å²) in [5, 5.41) is 16.9. The van der Waals surface area contributed by atoms with Gasteiger partial charge in [0, 0.05) is 17.2 Å². The second-order valence-corrected chi connectivity index (χ2v) is 5.29. The van der Waals surface area contributed by atoms with Crippen LogP contribution in [-0.4, -0.2) is 29.5 Å². The molecular formula is C17H15FN4O4. The molecule has 0 aliphatic rings. The standard InChI is InChI=1S/C17H15FN4O4/c1-11-2-5-13(8-15(11)22(25)26)17(24)19-10-16(23)21-20-9-12-3-6-14(18)7-4-12/h2-9H,10H2,1H3,(H,19,24)(H,21,23)/b20-9+. The lowest BCUT2D eigenvalue weighted by atomic mass is 10.1. The number of nitrogens with one attached hydrogen (secondary N) is 2. The highest BCUT2D eigenvalue weighted by atomic mass is 19.1. The molecule has 0 fully saturated rings. The molecule has 0 aliphatic heterocycles. The second-order valence-electron chi connectivity index (χ2n) is 5.29. The number of hydrogen-bond acceptors (Lipinski definition) is 5. The third-order valence-electron chi connectivity index (χ3n) is 3.35. The van der Waals surface area contributed by atoms with Crippen molar-refractivity contribution in [2.75, 3.05) is 6.54 Å². The van der Waals surface area contributed by atoms with Crippen molar-refractivity contribution in [3.63, 3.8) is 0 Å². The van der Waals surface area contributed by atoms with Gasteiger partial charge in [-0.05, 0) is 30.7 Å². The molecule has 0 bridgehead atoms. The first-order chi connectivity index (χ1) is 12.4. The van der Waals surface area contributed by atoms with Gasteiger partial charge in [-0.25, -0.2) is 9.82 Å². The van der Waals surface area contributed by atoms with Crippen LogP contribution < -0.4 is 10.7 Å². The van der Waals surface area contributed by atoms with Crippen molar-refractivity contribution in [2.45, 2.75) is 6.92 Å². The molecule has 0 aliphatic carbocycles. The third kappa shape index (κ3) is 5.20. The largest absolute Gasteiger partial charge is 0.343 e. The number of carbonyl (C=O) groups is 2. The SMILES string of the molecule is Cc1ccc(C(=O)NCC(=O)N/N=C/c2ccc(F)cc2)cc1[N+](=O)[O-]. The molecule has 9 heteroatoms. The molecule has 2 rings (SSSR count). The number of nitro benzene ring substituents is 1. The van der Waals surface area contributed by atoms with Crippen LogP contribution >= 0.6 is 0 Å². The molecule has 0 heterocycles. The number of nitro groups is 1. The van der Waals surface area contributed by atoms with Gasteiger partial charge in [0.1, 0.15) is 5.82 Å². The molecule has 0 spiro atoms. The summed E-state index contributed by atoms with van der Waals surface area (Å²) in [4.78, 5) is 33.9. The molecule has 2 amide bonds. The minimum Gasteiger partial charge on any atom is -0.343 e. The maximum Gasteiger partial charge on any atom is 0.273 e. The van der Waals surface area contributed by atoms with Gasteiger partial charge >= 0.3 is 0 Å². The number of amides is 2. The molecule has 0 radical (unpaired) electrons. The van der Waals surface area contributed by atoms with Crippen LogP contribution in [0.2, 0.25) is 0 Å². The highest BCUT2D eigenvalue weighted by Crippen LogP contribution is 2.19. The van der Waals surface area contributed by atoms with Gasteiger partial charge in [-0.15, -0.1) is 0 Å². The minimum atomic E-state index is -0.620. The number of halogens is 1. The first kappa shape index (κ1) is 18.7. The van der Waals surface area contributed by atoms with E-state index in [1.165, 1.54) is 42.6 Å². The Morgan fingerprint density at radius 3 is 2.58 bits per heavy atom. The maximum atomic E-state index is 12.8. The van der Waals surface area contributed by atoms with Crippen molar-refractivity contribution < 1.29 is 18.9 Å². The van der Waals surface area contributed by atoms with Crippen molar-refractivity contribution >= 4 is 23.7 Å². The van der Waals surface area contributed by atoms with Gasteiger partial charge in [-0.3, -0.25) is 19.7 Å². The zero-order valence-electron chi connectivity index (χ0n) is 13.7. The van der Waals surface area contributed by atoms with Gasteiger partial charge in [-0.2, -0.15) is 5.10 Å². The van der Waals surface area contributed by atoms with E-state index in [9.17, 15) is 24.1 Å². The molecule has 8 nitrogen and oxygen atoms in total. The molecule has 26 heavy (non-hydrogen) atoms. The smallest absolute Gasteiger partial charge is 0.273 e. The topological polar surface area (TPSA) is 114 Å². The molecule has 0 saturated carbocycles. The van der Waals surface area contributed by atoms with Gasteiger partial charge in [0.05, 0.1) is 17.7 Å². The van der Waals surface area contributed by atoms with Gasteiger partial charge in [0.15, 0.2) is 0 Å². The fraction of sp³-hybridized carbons (Fsp3) is 0.118. The van der Waals surface area contributed by atoms with Crippen LogP contribution in [0, 0.1) is 22.9 Å². The van der Waals surface area contributed by atoms with Crippen molar-refractivity contribution in [2.24, 2.45) is 5.10 Å². The normalized spacial score (nSPS) is 10.5. The fourth-order valence-corrected chi connectivity index (χ4v) is 1.98. The lowest BCUT2D eigenvalue weighted by molar-refractivity contribution is -0.385. The zero-order valence-corrected chi connectivity index (χ0v) is 13.7. The summed E-state index contributed by atoms with van der Waals surface area (Å²) in [6.45, 7) is 1.20. The third-order valence-corrected chi connectivity index (χ3v) is 3.35. The van der Waals surface area contributed by atoms with E-state index in [2.05, 4.69) is 15.8 Å². The Bertz CT molecular complexity index is 866. The van der Waals surface area contributed by atoms with E-state index in [4.69, 9.17) is 0 Å². The predicted octanol–water partition coefficient (Wildman–Crippen LogP) is 1.92. The summed E-state index contributed by atoms with van der Waals surface area (Å²) in [7, 11) is 0. The summed E-state index contributed by atoms with van der Waals surface area (Å²) in [6, 6.07) is 9.51. The molecule has 0 unspecified atom stereocenters.